The van der Waals surface area contributed by atoms with E-state index in [-0.39, 0.29) is 5.56 Å². The summed E-state index contributed by atoms with van der Waals surface area (Å²) in [6, 6.07) is 13.2. The predicted octanol–water partition coefficient (Wildman–Crippen LogP) is 6.57. The molecule has 2 aromatic carbocycles. The van der Waals surface area contributed by atoms with Gasteiger partial charge in [-0.05, 0) is 36.8 Å². The Hall–Kier alpha value is -2.64. The monoisotopic (exact) mass is 497 g/mol. The van der Waals surface area contributed by atoms with Crippen LogP contribution in [0.4, 0.5) is 0 Å². The quantitative estimate of drug-likeness (QED) is 0.305. The zero-order chi connectivity index (χ0) is 23.4. The van der Waals surface area contributed by atoms with Crippen LogP contribution in [0.1, 0.15) is 24.5 Å². The molecule has 5 nitrogen and oxygen atoms in total. The molecule has 3 heterocycles. The van der Waals surface area contributed by atoms with Gasteiger partial charge in [-0.3, -0.25) is 9.36 Å². The number of thiazole rings is 1. The molecule has 1 N–H and O–H groups in total. The van der Waals surface area contributed by atoms with E-state index in [1.807, 2.05) is 42.1 Å². The molecular weight excluding hydrogens is 477 g/mol. The van der Waals surface area contributed by atoms with E-state index in [4.69, 9.17) is 23.2 Å². The van der Waals surface area contributed by atoms with Gasteiger partial charge in [0.15, 0.2) is 0 Å². The third-order valence-corrected chi connectivity index (χ3v) is 7.55. The molecule has 33 heavy (non-hydrogen) atoms. The van der Waals surface area contributed by atoms with E-state index >= 15 is 0 Å². The van der Waals surface area contributed by atoms with Crippen LogP contribution in [-0.4, -0.2) is 19.2 Å². The summed E-state index contributed by atoms with van der Waals surface area (Å²) in [5.74, 6) is 0. The van der Waals surface area contributed by atoms with E-state index in [1.54, 1.807) is 29.8 Å². The molecule has 1 unspecified atom stereocenters. The van der Waals surface area contributed by atoms with Crippen molar-refractivity contribution in [3.63, 3.8) is 0 Å². The molecule has 0 aliphatic rings. The van der Waals surface area contributed by atoms with Crippen LogP contribution < -0.4 is 5.56 Å². The van der Waals surface area contributed by atoms with Gasteiger partial charge >= 0.3 is 0 Å². The lowest BCUT2D eigenvalue weighted by Crippen LogP contribution is -2.20. The first-order valence-corrected chi connectivity index (χ1v) is 12.1. The van der Waals surface area contributed by atoms with Crippen LogP contribution in [0.2, 0.25) is 10.0 Å². The van der Waals surface area contributed by atoms with Crippen LogP contribution in [0, 0.1) is 0 Å². The largest absolute Gasteiger partial charge is 0.386 e. The molecule has 3 aromatic heterocycles. The van der Waals surface area contributed by atoms with Gasteiger partial charge in [-0.25, -0.2) is 4.98 Å². The third-order valence-electron chi connectivity index (χ3n) is 6.06. The number of benzene rings is 2. The second-order valence-corrected chi connectivity index (χ2v) is 9.80. The van der Waals surface area contributed by atoms with Crippen molar-refractivity contribution in [1.82, 2.24) is 14.1 Å². The van der Waals surface area contributed by atoms with Crippen LogP contribution in [0.5, 0.6) is 0 Å². The lowest BCUT2D eigenvalue weighted by molar-refractivity contribution is 0.173. The number of fused-ring (bicyclic) bond motifs is 3. The van der Waals surface area contributed by atoms with Crippen molar-refractivity contribution in [3.8, 4) is 22.4 Å². The van der Waals surface area contributed by atoms with E-state index in [1.165, 1.54) is 11.3 Å². The first-order chi connectivity index (χ1) is 15.8. The van der Waals surface area contributed by atoms with Crippen molar-refractivity contribution in [3.05, 3.63) is 73.3 Å². The number of hydrogen-bond acceptors (Lipinski definition) is 4. The molecule has 8 heteroatoms. The number of hydrogen-bond donors (Lipinski definition) is 1. The Morgan fingerprint density at radius 2 is 1.82 bits per heavy atom. The number of aromatic nitrogens is 3. The van der Waals surface area contributed by atoms with Gasteiger partial charge in [0, 0.05) is 52.0 Å². The van der Waals surface area contributed by atoms with Gasteiger partial charge in [0.25, 0.3) is 5.56 Å². The summed E-state index contributed by atoms with van der Waals surface area (Å²) in [5.41, 5.74) is 4.65. The Balaban J connectivity index is 1.76. The van der Waals surface area contributed by atoms with Crippen LogP contribution in [0.3, 0.4) is 0 Å². The SMILES string of the molecule is CCC(O)c1nc(-c2ccc3c(c2)c2cc(-c4ccc(Cl)cc4Cl)c(=O)n(C)c2n3C)cs1. The fourth-order valence-electron chi connectivity index (χ4n) is 4.30. The van der Waals surface area contributed by atoms with Gasteiger partial charge in [-0.15, -0.1) is 11.3 Å². The van der Waals surface area contributed by atoms with E-state index in [0.717, 1.165) is 33.2 Å². The van der Waals surface area contributed by atoms with Gasteiger partial charge < -0.3 is 9.67 Å². The smallest absolute Gasteiger partial charge is 0.259 e. The Bertz CT molecular complexity index is 1600. The van der Waals surface area contributed by atoms with Crippen LogP contribution in [0.25, 0.3) is 44.3 Å². The molecule has 0 saturated heterocycles. The normalized spacial score (nSPS) is 12.7. The van der Waals surface area contributed by atoms with E-state index in [2.05, 4.69) is 11.1 Å². The summed E-state index contributed by atoms with van der Waals surface area (Å²) in [5, 5.41) is 15.7. The van der Waals surface area contributed by atoms with Crippen LogP contribution in [-0.2, 0) is 14.1 Å². The maximum Gasteiger partial charge on any atom is 0.259 e. The number of pyridine rings is 1. The molecule has 0 amide bonds. The molecule has 1 atom stereocenters. The fourth-order valence-corrected chi connectivity index (χ4v) is 5.70. The third kappa shape index (κ3) is 3.58. The van der Waals surface area contributed by atoms with Crippen molar-refractivity contribution in [2.45, 2.75) is 19.4 Å². The fraction of sp³-hybridized carbons (Fsp3) is 0.200. The van der Waals surface area contributed by atoms with Gasteiger partial charge in [-0.2, -0.15) is 0 Å². The molecule has 0 radical (unpaired) electrons. The Morgan fingerprint density at radius 3 is 2.55 bits per heavy atom. The first kappa shape index (κ1) is 22.2. The first-order valence-electron chi connectivity index (χ1n) is 10.5. The molecule has 168 valence electrons. The average molecular weight is 498 g/mol. The summed E-state index contributed by atoms with van der Waals surface area (Å²) in [6.07, 6.45) is 0.0746. The number of aliphatic hydroxyl groups excluding tert-OH is 1. The summed E-state index contributed by atoms with van der Waals surface area (Å²) in [4.78, 5) is 17.9. The molecule has 5 aromatic rings. The predicted molar refractivity (Wildman–Crippen MR) is 137 cm³/mol. The second-order valence-electron chi connectivity index (χ2n) is 8.07. The summed E-state index contributed by atoms with van der Waals surface area (Å²) >= 11 is 14.0. The van der Waals surface area contributed by atoms with E-state index in [9.17, 15) is 9.90 Å². The topological polar surface area (TPSA) is 60.1 Å². The molecule has 0 saturated carbocycles. The van der Waals surface area contributed by atoms with Crippen molar-refractivity contribution in [2.24, 2.45) is 14.1 Å². The summed E-state index contributed by atoms with van der Waals surface area (Å²) in [6.45, 7) is 1.93. The van der Waals surface area contributed by atoms with Crippen molar-refractivity contribution >= 4 is 56.5 Å². The molecule has 0 bridgehead atoms. The lowest BCUT2D eigenvalue weighted by atomic mass is 10.0. The average Bonchev–Trinajstić information content (AvgIpc) is 3.40. The van der Waals surface area contributed by atoms with Gasteiger partial charge in [0.1, 0.15) is 16.8 Å². The number of aryl methyl sites for hydroxylation is 2. The molecule has 0 spiro atoms. The number of rotatable bonds is 4. The lowest BCUT2D eigenvalue weighted by Gasteiger charge is -2.09. The highest BCUT2D eigenvalue weighted by Gasteiger charge is 2.19. The Morgan fingerprint density at radius 1 is 1.03 bits per heavy atom. The highest BCUT2D eigenvalue weighted by atomic mass is 35.5. The van der Waals surface area contributed by atoms with Crippen LogP contribution >= 0.6 is 34.5 Å². The minimum atomic E-state index is -0.550. The van der Waals surface area contributed by atoms with Crippen molar-refractivity contribution in [2.75, 3.05) is 0 Å². The van der Waals surface area contributed by atoms with Crippen LogP contribution in [0.15, 0.2) is 52.6 Å². The van der Waals surface area contributed by atoms with E-state index in [0.29, 0.717) is 32.6 Å². The summed E-state index contributed by atoms with van der Waals surface area (Å²) in [7, 11) is 3.73. The molecule has 0 aliphatic carbocycles. The maximum absolute atomic E-state index is 13.3. The van der Waals surface area contributed by atoms with E-state index < -0.39 is 6.10 Å². The zero-order valence-electron chi connectivity index (χ0n) is 18.3. The van der Waals surface area contributed by atoms with Crippen molar-refractivity contribution in [1.29, 1.82) is 0 Å². The van der Waals surface area contributed by atoms with Gasteiger partial charge in [0.2, 0.25) is 0 Å². The number of nitrogens with zero attached hydrogens (tertiary/aromatic N) is 3. The van der Waals surface area contributed by atoms with Gasteiger partial charge in [0.05, 0.1) is 16.2 Å². The summed E-state index contributed by atoms with van der Waals surface area (Å²) < 4.78 is 3.68. The molecular formula is C25H21Cl2N3O2S. The molecule has 0 aliphatic heterocycles. The Labute approximate surface area is 204 Å². The number of halogens is 2. The number of aliphatic hydroxyl groups is 1. The van der Waals surface area contributed by atoms with Gasteiger partial charge in [-0.1, -0.05) is 42.3 Å². The highest BCUT2D eigenvalue weighted by molar-refractivity contribution is 7.10. The van der Waals surface area contributed by atoms with Crippen molar-refractivity contribution < 1.29 is 5.11 Å². The molecule has 5 rings (SSSR count). The zero-order valence-corrected chi connectivity index (χ0v) is 20.6. The second kappa shape index (κ2) is 8.29. The minimum Gasteiger partial charge on any atom is -0.386 e. The maximum atomic E-state index is 13.3. The highest BCUT2D eigenvalue weighted by Crippen LogP contribution is 2.36. The minimum absolute atomic E-state index is 0.129. The Kier molecular flexibility index (Phi) is 5.57. The standard InChI is InChI=1S/C25H21Cl2N3O2S/c1-4-22(31)23-28-20(12-33-23)13-5-8-21-16(9-13)17-11-18(15-7-6-14(26)10-19(15)27)25(32)30(3)24(17)29(21)2/h5-12,22,31H,4H2,1-3H3. The molecule has 0 fully saturated rings.